The van der Waals surface area contributed by atoms with Gasteiger partial charge in [0.25, 0.3) is 0 Å². The molecule has 2 aromatic carbocycles. The number of nitrogens with two attached hydrogens (primary N) is 1. The summed E-state index contributed by atoms with van der Waals surface area (Å²) in [6.45, 7) is 1.95. The molecule has 0 aliphatic carbocycles. The van der Waals surface area contributed by atoms with E-state index >= 15 is 0 Å². The first kappa shape index (κ1) is 29.7. The van der Waals surface area contributed by atoms with Gasteiger partial charge in [-0.15, -0.1) is 0 Å². The van der Waals surface area contributed by atoms with Crippen LogP contribution in [0.4, 0.5) is 0 Å². The number of hydrogen-bond donors (Lipinski definition) is 3. The van der Waals surface area contributed by atoms with Gasteiger partial charge in [0.15, 0.2) is 0 Å². The summed E-state index contributed by atoms with van der Waals surface area (Å²) in [5.41, 5.74) is 8.00. The Morgan fingerprint density at radius 2 is 1.78 bits per heavy atom. The second-order valence-electron chi connectivity index (χ2n) is 8.74. The van der Waals surface area contributed by atoms with Crippen LogP contribution in [0.3, 0.4) is 0 Å². The van der Waals surface area contributed by atoms with E-state index < -0.39 is 28.1 Å². The van der Waals surface area contributed by atoms with Crippen molar-refractivity contribution in [3.05, 3.63) is 65.7 Å². The Morgan fingerprint density at radius 3 is 2.42 bits per heavy atom. The second-order valence-corrected chi connectivity index (χ2v) is 10.8. The van der Waals surface area contributed by atoms with Crippen LogP contribution in [-0.2, 0) is 27.8 Å². The maximum atomic E-state index is 13.2. The Labute approximate surface area is 214 Å². The number of sulfonamides is 1. The highest BCUT2D eigenvalue weighted by molar-refractivity contribution is 7.89. The zero-order chi connectivity index (χ0) is 26.6. The summed E-state index contributed by atoms with van der Waals surface area (Å²) in [5, 5.41) is 20.1. The molecule has 0 spiro atoms. The zero-order valence-electron chi connectivity index (χ0n) is 21.1. The van der Waals surface area contributed by atoms with E-state index in [0.29, 0.717) is 18.6 Å². The van der Waals surface area contributed by atoms with Crippen LogP contribution < -0.4 is 10.5 Å². The largest absolute Gasteiger partial charge is 0.497 e. The molecule has 1 amide bonds. The average Bonchev–Trinajstić information content (AvgIpc) is 2.87. The minimum absolute atomic E-state index is 0.00899. The van der Waals surface area contributed by atoms with Gasteiger partial charge >= 0.3 is 0 Å². The van der Waals surface area contributed by atoms with Gasteiger partial charge in [0.1, 0.15) is 5.75 Å². The number of aliphatic hydroxyl groups is 2. The van der Waals surface area contributed by atoms with E-state index in [1.54, 1.807) is 25.3 Å². The molecule has 0 aliphatic heterocycles. The van der Waals surface area contributed by atoms with E-state index in [0.717, 1.165) is 11.1 Å². The van der Waals surface area contributed by atoms with Gasteiger partial charge in [-0.3, -0.25) is 4.79 Å². The molecule has 0 heterocycles. The van der Waals surface area contributed by atoms with Crippen molar-refractivity contribution < 1.29 is 28.2 Å². The molecule has 2 atom stereocenters. The van der Waals surface area contributed by atoms with Crippen molar-refractivity contribution in [1.29, 1.82) is 0 Å². The summed E-state index contributed by atoms with van der Waals surface area (Å²) in [5.74, 6) is -0.164. The van der Waals surface area contributed by atoms with E-state index in [2.05, 4.69) is 0 Å². The highest BCUT2D eigenvalue weighted by atomic mass is 32.2. The van der Waals surface area contributed by atoms with Crippen LogP contribution in [0.5, 0.6) is 5.75 Å². The molecule has 0 fully saturated rings. The van der Waals surface area contributed by atoms with Crippen molar-refractivity contribution >= 4 is 15.9 Å². The van der Waals surface area contributed by atoms with E-state index in [-0.39, 0.29) is 45.0 Å². The van der Waals surface area contributed by atoms with Crippen LogP contribution >= 0.6 is 0 Å². The fourth-order valence-corrected chi connectivity index (χ4v) is 5.39. The first-order chi connectivity index (χ1) is 17.2. The molecule has 0 radical (unpaired) electrons. The number of methoxy groups -OCH3 is 1. The van der Waals surface area contributed by atoms with Gasteiger partial charge in [0, 0.05) is 38.6 Å². The quantitative estimate of drug-likeness (QED) is 0.304. The van der Waals surface area contributed by atoms with Crippen LogP contribution in [0, 0.1) is 0 Å². The molecule has 0 saturated heterocycles. The summed E-state index contributed by atoms with van der Waals surface area (Å²) >= 11 is 0. The Bertz CT molecular complexity index is 1030. The second kappa shape index (κ2) is 14.9. The van der Waals surface area contributed by atoms with Crippen LogP contribution in [0.1, 0.15) is 30.9 Å². The van der Waals surface area contributed by atoms with E-state index in [1.807, 2.05) is 43.3 Å². The number of carbonyl (C=O) groups excluding carboxylic acids is 1. The molecule has 36 heavy (non-hydrogen) atoms. The van der Waals surface area contributed by atoms with Crippen molar-refractivity contribution in [2.75, 3.05) is 39.1 Å². The SMILES string of the molecule is CCCN(CCO)S(=O)(=O)CCC(=O)N(Cc1cccc(OC)c1)C[C@@H](O)[C@@H](N)Cc1ccccc1. The third-order valence-corrected chi connectivity index (χ3v) is 7.74. The molecule has 200 valence electrons. The van der Waals surface area contributed by atoms with Crippen molar-refractivity contribution in [3.8, 4) is 5.75 Å². The maximum absolute atomic E-state index is 13.2. The van der Waals surface area contributed by atoms with Crippen molar-refractivity contribution in [1.82, 2.24) is 9.21 Å². The number of hydrogen-bond acceptors (Lipinski definition) is 7. The van der Waals surface area contributed by atoms with Crippen LogP contribution in [0.15, 0.2) is 54.6 Å². The summed E-state index contributed by atoms with van der Waals surface area (Å²) in [6, 6.07) is 16.1. The number of benzene rings is 2. The summed E-state index contributed by atoms with van der Waals surface area (Å²) < 4.78 is 32.0. The predicted molar refractivity (Wildman–Crippen MR) is 140 cm³/mol. The lowest BCUT2D eigenvalue weighted by atomic mass is 10.0. The number of carbonyl (C=O) groups is 1. The lowest BCUT2D eigenvalue weighted by molar-refractivity contribution is -0.133. The highest BCUT2D eigenvalue weighted by Crippen LogP contribution is 2.17. The van der Waals surface area contributed by atoms with Crippen molar-refractivity contribution in [2.24, 2.45) is 5.73 Å². The third kappa shape index (κ3) is 9.51. The molecule has 0 aliphatic rings. The van der Waals surface area contributed by atoms with Crippen LogP contribution in [0.2, 0.25) is 0 Å². The van der Waals surface area contributed by atoms with Gasteiger partial charge in [-0.2, -0.15) is 4.31 Å². The smallest absolute Gasteiger partial charge is 0.224 e. The molecule has 9 nitrogen and oxygen atoms in total. The Kier molecular flexibility index (Phi) is 12.3. The Balaban J connectivity index is 2.15. The fourth-order valence-electron chi connectivity index (χ4n) is 3.88. The molecule has 10 heteroatoms. The predicted octanol–water partition coefficient (Wildman–Crippen LogP) is 1.38. The molecule has 4 N–H and O–H groups in total. The maximum Gasteiger partial charge on any atom is 0.224 e. The molecule has 0 bridgehead atoms. The monoisotopic (exact) mass is 521 g/mol. The van der Waals surface area contributed by atoms with E-state index in [9.17, 15) is 23.4 Å². The lowest BCUT2D eigenvalue weighted by Gasteiger charge is -2.29. The number of nitrogens with zero attached hydrogens (tertiary/aromatic N) is 2. The van der Waals surface area contributed by atoms with Crippen molar-refractivity contribution in [2.45, 2.75) is 44.9 Å². The minimum Gasteiger partial charge on any atom is -0.497 e. The zero-order valence-corrected chi connectivity index (χ0v) is 21.9. The van der Waals surface area contributed by atoms with Gasteiger partial charge in [0.2, 0.25) is 15.9 Å². The number of ether oxygens (including phenoxy) is 1. The first-order valence-electron chi connectivity index (χ1n) is 12.2. The van der Waals surface area contributed by atoms with E-state index in [4.69, 9.17) is 10.5 Å². The number of amides is 1. The average molecular weight is 522 g/mol. The lowest BCUT2D eigenvalue weighted by Crippen LogP contribution is -2.46. The molecule has 0 saturated carbocycles. The van der Waals surface area contributed by atoms with Gasteiger partial charge < -0.3 is 25.6 Å². The standard InChI is InChI=1S/C26H39N3O6S/c1-3-13-29(14-15-30)36(33,34)16-12-26(32)28(19-22-10-7-11-23(17-22)35-2)20-25(31)24(27)18-21-8-5-4-6-9-21/h4-11,17,24-25,30-31H,3,12-16,18-20,27H2,1-2H3/t24-,25+/m0/s1. The van der Waals surface area contributed by atoms with Crippen LogP contribution in [-0.4, -0.2) is 85.0 Å². The first-order valence-corrected chi connectivity index (χ1v) is 13.8. The van der Waals surface area contributed by atoms with Crippen LogP contribution in [0.25, 0.3) is 0 Å². The van der Waals surface area contributed by atoms with E-state index in [1.165, 1.54) is 9.21 Å². The van der Waals surface area contributed by atoms with Gasteiger partial charge in [0.05, 0.1) is 25.6 Å². The molecule has 0 unspecified atom stereocenters. The molecular weight excluding hydrogens is 482 g/mol. The molecule has 2 rings (SSSR count). The highest BCUT2D eigenvalue weighted by Gasteiger charge is 2.26. The third-order valence-electron chi connectivity index (χ3n) is 5.87. The molecular formula is C26H39N3O6S. The number of aliphatic hydroxyl groups excluding tert-OH is 2. The Hall–Kier alpha value is -2.50. The normalized spacial score (nSPS) is 13.4. The molecule has 0 aromatic heterocycles. The number of rotatable bonds is 16. The van der Waals surface area contributed by atoms with Crippen molar-refractivity contribution in [3.63, 3.8) is 0 Å². The van der Waals surface area contributed by atoms with Gasteiger partial charge in [-0.05, 0) is 36.1 Å². The summed E-state index contributed by atoms with van der Waals surface area (Å²) in [6.07, 6.45) is -0.230. The summed E-state index contributed by atoms with van der Waals surface area (Å²) in [4.78, 5) is 14.7. The summed E-state index contributed by atoms with van der Waals surface area (Å²) in [7, 11) is -2.18. The molecule has 2 aromatic rings. The minimum atomic E-state index is -3.73. The van der Waals surface area contributed by atoms with Gasteiger partial charge in [-0.25, -0.2) is 8.42 Å². The fraction of sp³-hybridized carbons (Fsp3) is 0.500. The Morgan fingerprint density at radius 1 is 1.08 bits per heavy atom. The van der Waals surface area contributed by atoms with Gasteiger partial charge in [-0.1, -0.05) is 49.4 Å². The topological polar surface area (TPSA) is 133 Å².